The molecule has 0 amide bonds. The van der Waals surface area contributed by atoms with E-state index in [1.54, 1.807) is 12.1 Å². The zero-order valence-corrected chi connectivity index (χ0v) is 10.6. The number of hydrogen-bond donors (Lipinski definition) is 1. The lowest BCUT2D eigenvalue weighted by Crippen LogP contribution is -2.28. The highest BCUT2D eigenvalue weighted by Crippen LogP contribution is 2.27. The zero-order valence-electron chi connectivity index (χ0n) is 10.6. The van der Waals surface area contributed by atoms with Gasteiger partial charge in [-0.1, -0.05) is 26.0 Å². The van der Waals surface area contributed by atoms with Crippen molar-refractivity contribution in [2.75, 3.05) is 6.54 Å². The van der Waals surface area contributed by atoms with E-state index < -0.39 is 6.36 Å². The fourth-order valence-corrected chi connectivity index (χ4v) is 1.64. The zero-order chi connectivity index (χ0) is 13.8. The standard InChI is InChI=1S/C13H18F3NO/c1-3-12(2,9-17)8-10-4-6-11(7-5-10)18-13(14,15)16/h4-7H,3,8-9,17H2,1-2H3. The Morgan fingerprint density at radius 2 is 1.72 bits per heavy atom. The second kappa shape index (κ2) is 5.61. The first-order valence-electron chi connectivity index (χ1n) is 5.83. The number of ether oxygens (including phenoxy) is 1. The summed E-state index contributed by atoms with van der Waals surface area (Å²) in [5, 5.41) is 0. The number of halogens is 3. The Labute approximate surface area is 105 Å². The maximum Gasteiger partial charge on any atom is 0.573 e. The van der Waals surface area contributed by atoms with Gasteiger partial charge in [0.1, 0.15) is 5.75 Å². The highest BCUT2D eigenvalue weighted by atomic mass is 19.4. The van der Waals surface area contributed by atoms with Gasteiger partial charge in [-0.05, 0) is 42.5 Å². The van der Waals surface area contributed by atoms with Crippen molar-refractivity contribution in [3.8, 4) is 5.75 Å². The molecule has 0 radical (unpaired) electrons. The number of rotatable bonds is 5. The number of benzene rings is 1. The van der Waals surface area contributed by atoms with E-state index in [4.69, 9.17) is 5.73 Å². The average Bonchev–Trinajstić information content (AvgIpc) is 2.30. The summed E-state index contributed by atoms with van der Waals surface area (Å²) in [6.45, 7) is 4.66. The molecule has 1 aromatic rings. The maximum atomic E-state index is 12.0. The molecule has 0 aliphatic rings. The van der Waals surface area contributed by atoms with Crippen LogP contribution in [0, 0.1) is 5.41 Å². The van der Waals surface area contributed by atoms with E-state index in [9.17, 15) is 13.2 Å². The van der Waals surface area contributed by atoms with Gasteiger partial charge in [-0.2, -0.15) is 0 Å². The SMILES string of the molecule is CCC(C)(CN)Cc1ccc(OC(F)(F)F)cc1. The van der Waals surface area contributed by atoms with Gasteiger partial charge >= 0.3 is 6.36 Å². The van der Waals surface area contributed by atoms with Gasteiger partial charge < -0.3 is 10.5 Å². The predicted octanol–water partition coefficient (Wildman–Crippen LogP) is 3.50. The van der Waals surface area contributed by atoms with Crippen LogP contribution in [-0.4, -0.2) is 12.9 Å². The van der Waals surface area contributed by atoms with Gasteiger partial charge in [0.05, 0.1) is 0 Å². The number of alkyl halides is 3. The molecule has 2 N–H and O–H groups in total. The van der Waals surface area contributed by atoms with Crippen molar-refractivity contribution in [1.29, 1.82) is 0 Å². The molecule has 1 unspecified atom stereocenters. The van der Waals surface area contributed by atoms with Gasteiger partial charge in [-0.15, -0.1) is 13.2 Å². The lowest BCUT2D eigenvalue weighted by Gasteiger charge is -2.26. The fourth-order valence-electron chi connectivity index (χ4n) is 1.64. The van der Waals surface area contributed by atoms with E-state index in [1.165, 1.54) is 12.1 Å². The fraction of sp³-hybridized carbons (Fsp3) is 0.538. The smallest absolute Gasteiger partial charge is 0.406 e. The van der Waals surface area contributed by atoms with Crippen molar-refractivity contribution >= 4 is 0 Å². The molecule has 0 heterocycles. The van der Waals surface area contributed by atoms with Crippen molar-refractivity contribution in [2.24, 2.45) is 11.1 Å². The minimum absolute atomic E-state index is 0.0214. The van der Waals surface area contributed by atoms with Gasteiger partial charge in [0, 0.05) is 0 Å². The Hall–Kier alpha value is -1.23. The molecule has 0 bridgehead atoms. The molecule has 2 nitrogen and oxygen atoms in total. The lowest BCUT2D eigenvalue weighted by atomic mass is 9.81. The summed E-state index contributed by atoms with van der Waals surface area (Å²) in [6.07, 6.45) is -2.98. The van der Waals surface area contributed by atoms with Crippen LogP contribution in [0.25, 0.3) is 0 Å². The summed E-state index contributed by atoms with van der Waals surface area (Å²) in [4.78, 5) is 0. The summed E-state index contributed by atoms with van der Waals surface area (Å²) < 4.78 is 39.8. The molecule has 0 spiro atoms. The van der Waals surface area contributed by atoms with E-state index in [-0.39, 0.29) is 11.2 Å². The lowest BCUT2D eigenvalue weighted by molar-refractivity contribution is -0.274. The molecule has 0 aliphatic carbocycles. The second-order valence-electron chi connectivity index (χ2n) is 4.74. The molecule has 5 heteroatoms. The summed E-state index contributed by atoms with van der Waals surface area (Å²) >= 11 is 0. The van der Waals surface area contributed by atoms with Crippen molar-refractivity contribution in [2.45, 2.75) is 33.1 Å². The molecule has 1 aromatic carbocycles. The third-order valence-corrected chi connectivity index (χ3v) is 3.13. The van der Waals surface area contributed by atoms with Gasteiger partial charge in [0.2, 0.25) is 0 Å². The number of nitrogens with two attached hydrogens (primary N) is 1. The van der Waals surface area contributed by atoms with E-state index in [0.29, 0.717) is 6.54 Å². The molecule has 0 aliphatic heterocycles. The van der Waals surface area contributed by atoms with Crippen LogP contribution in [-0.2, 0) is 6.42 Å². The molecule has 1 rings (SSSR count). The molecule has 102 valence electrons. The van der Waals surface area contributed by atoms with E-state index >= 15 is 0 Å². The van der Waals surface area contributed by atoms with Crippen LogP contribution in [0.1, 0.15) is 25.8 Å². The van der Waals surface area contributed by atoms with Gasteiger partial charge in [-0.25, -0.2) is 0 Å². The monoisotopic (exact) mass is 261 g/mol. The van der Waals surface area contributed by atoms with Crippen LogP contribution in [0.2, 0.25) is 0 Å². The molecular formula is C13H18F3NO. The van der Waals surface area contributed by atoms with Crippen molar-refractivity contribution in [1.82, 2.24) is 0 Å². The molecule has 0 aromatic heterocycles. The van der Waals surface area contributed by atoms with Gasteiger partial charge in [-0.3, -0.25) is 0 Å². The van der Waals surface area contributed by atoms with Crippen LogP contribution in [0.3, 0.4) is 0 Å². The van der Waals surface area contributed by atoms with E-state index in [2.05, 4.69) is 11.7 Å². The molecule has 0 fully saturated rings. The first-order valence-corrected chi connectivity index (χ1v) is 5.83. The average molecular weight is 261 g/mol. The third-order valence-electron chi connectivity index (χ3n) is 3.13. The largest absolute Gasteiger partial charge is 0.573 e. The van der Waals surface area contributed by atoms with Crippen LogP contribution in [0.4, 0.5) is 13.2 Å². The molecule has 18 heavy (non-hydrogen) atoms. The van der Waals surface area contributed by atoms with Gasteiger partial charge in [0.25, 0.3) is 0 Å². The Morgan fingerprint density at radius 1 is 1.17 bits per heavy atom. The molecule has 0 saturated heterocycles. The molecule has 0 saturated carbocycles. The van der Waals surface area contributed by atoms with Crippen LogP contribution < -0.4 is 10.5 Å². The predicted molar refractivity (Wildman–Crippen MR) is 64.3 cm³/mol. The van der Waals surface area contributed by atoms with E-state index in [0.717, 1.165) is 18.4 Å². The quantitative estimate of drug-likeness (QED) is 0.880. The first kappa shape index (κ1) is 14.8. The van der Waals surface area contributed by atoms with Crippen molar-refractivity contribution in [3.05, 3.63) is 29.8 Å². The Balaban J connectivity index is 2.71. The third kappa shape index (κ3) is 4.56. The van der Waals surface area contributed by atoms with Crippen molar-refractivity contribution < 1.29 is 17.9 Å². The van der Waals surface area contributed by atoms with Gasteiger partial charge in [0.15, 0.2) is 0 Å². The Bertz CT molecular complexity index is 369. The Morgan fingerprint density at radius 3 is 2.11 bits per heavy atom. The topological polar surface area (TPSA) is 35.2 Å². The highest BCUT2D eigenvalue weighted by Gasteiger charge is 2.31. The second-order valence-corrected chi connectivity index (χ2v) is 4.74. The van der Waals surface area contributed by atoms with E-state index in [1.807, 2.05) is 6.92 Å². The summed E-state index contributed by atoms with van der Waals surface area (Å²) in [7, 11) is 0. The van der Waals surface area contributed by atoms with Crippen molar-refractivity contribution in [3.63, 3.8) is 0 Å². The number of hydrogen-bond acceptors (Lipinski definition) is 2. The molecular weight excluding hydrogens is 243 g/mol. The Kier molecular flexibility index (Phi) is 4.62. The maximum absolute atomic E-state index is 12.0. The summed E-state index contributed by atoms with van der Waals surface area (Å²) in [6, 6.07) is 5.94. The van der Waals surface area contributed by atoms with Crippen LogP contribution >= 0.6 is 0 Å². The van der Waals surface area contributed by atoms with Crippen LogP contribution in [0.15, 0.2) is 24.3 Å². The highest BCUT2D eigenvalue weighted by molar-refractivity contribution is 5.28. The summed E-state index contributed by atoms with van der Waals surface area (Å²) in [5.74, 6) is -0.197. The minimum atomic E-state index is -4.64. The first-order chi connectivity index (χ1) is 8.28. The normalized spacial score (nSPS) is 15.2. The van der Waals surface area contributed by atoms with Crippen LogP contribution in [0.5, 0.6) is 5.75 Å². The minimum Gasteiger partial charge on any atom is -0.406 e. The summed E-state index contributed by atoms with van der Waals surface area (Å²) in [5.41, 5.74) is 6.64. The molecule has 1 atom stereocenters.